The Labute approximate surface area is 154 Å². The maximum absolute atomic E-state index is 12.4. The smallest absolute Gasteiger partial charge is 0.258 e. The molecule has 0 aliphatic rings. The number of likely N-dealkylation sites (N-methyl/N-ethyl adjacent to an activating group) is 1. The molecule has 25 heavy (non-hydrogen) atoms. The number of halogens is 1. The fourth-order valence-corrected chi connectivity index (χ4v) is 3.17. The molecule has 0 aromatic heterocycles. The van der Waals surface area contributed by atoms with Crippen molar-refractivity contribution in [1.29, 1.82) is 0 Å². The number of rotatable bonds is 7. The van der Waals surface area contributed by atoms with Crippen LogP contribution in [0.3, 0.4) is 0 Å². The van der Waals surface area contributed by atoms with E-state index in [1.165, 1.54) is 4.90 Å². The van der Waals surface area contributed by atoms with Gasteiger partial charge in [-0.05, 0) is 42.7 Å². The van der Waals surface area contributed by atoms with Crippen LogP contribution in [0.25, 0.3) is 0 Å². The van der Waals surface area contributed by atoms with Crippen molar-refractivity contribution in [3.8, 4) is 5.75 Å². The second-order valence-corrected chi connectivity index (χ2v) is 7.04. The van der Waals surface area contributed by atoms with E-state index in [-0.39, 0.29) is 18.6 Å². The van der Waals surface area contributed by atoms with Crippen molar-refractivity contribution in [1.82, 2.24) is 5.32 Å². The van der Waals surface area contributed by atoms with Crippen LogP contribution in [0.1, 0.15) is 22.7 Å². The Morgan fingerprint density at radius 3 is 2.32 bits per heavy atom. The molecule has 1 amide bonds. The highest BCUT2D eigenvalue weighted by molar-refractivity contribution is 6.30. The summed E-state index contributed by atoms with van der Waals surface area (Å²) >= 11 is 6.03. The van der Waals surface area contributed by atoms with Gasteiger partial charge in [0, 0.05) is 5.02 Å². The quantitative estimate of drug-likeness (QED) is 0.795. The summed E-state index contributed by atoms with van der Waals surface area (Å²) in [5, 5.41) is 3.75. The van der Waals surface area contributed by atoms with Gasteiger partial charge in [0.2, 0.25) is 0 Å². The van der Waals surface area contributed by atoms with Crippen molar-refractivity contribution in [2.24, 2.45) is 0 Å². The molecule has 0 radical (unpaired) electrons. The second-order valence-electron chi connectivity index (χ2n) is 6.60. The summed E-state index contributed by atoms with van der Waals surface area (Å²) in [6, 6.07) is 13.6. The van der Waals surface area contributed by atoms with Crippen LogP contribution in [-0.4, -0.2) is 33.2 Å². The van der Waals surface area contributed by atoms with Gasteiger partial charge in [-0.2, -0.15) is 0 Å². The first-order chi connectivity index (χ1) is 11.9. The molecule has 4 nitrogen and oxygen atoms in total. The third kappa shape index (κ3) is 5.76. The van der Waals surface area contributed by atoms with Gasteiger partial charge in [-0.1, -0.05) is 41.9 Å². The van der Waals surface area contributed by atoms with Gasteiger partial charge in [-0.3, -0.25) is 4.79 Å². The van der Waals surface area contributed by atoms with Crippen molar-refractivity contribution < 1.29 is 14.4 Å². The fourth-order valence-electron chi connectivity index (χ4n) is 2.84. The number of carbonyl (C=O) groups excluding carboxylic acids is 1. The molecule has 2 rings (SSSR count). The summed E-state index contributed by atoms with van der Waals surface area (Å²) in [4.78, 5) is 13.7. The summed E-state index contributed by atoms with van der Waals surface area (Å²) in [6.45, 7) is 4.63. The summed E-state index contributed by atoms with van der Waals surface area (Å²) < 4.78 is 5.75. The van der Waals surface area contributed by atoms with Gasteiger partial charge in [-0.25, -0.2) is 0 Å². The summed E-state index contributed by atoms with van der Waals surface area (Å²) in [6.07, 6.45) is 0. The number of carbonyl (C=O) groups is 1. The molecule has 2 N–H and O–H groups in total. The van der Waals surface area contributed by atoms with Crippen LogP contribution in [0.4, 0.5) is 0 Å². The number of amides is 1. The predicted octanol–water partition coefficient (Wildman–Crippen LogP) is 2.34. The minimum atomic E-state index is -0.135. The molecule has 0 spiro atoms. The topological polar surface area (TPSA) is 42.8 Å². The molecule has 2 aromatic carbocycles. The zero-order chi connectivity index (χ0) is 18.4. The molecular formula is C20H26ClN2O2+. The summed E-state index contributed by atoms with van der Waals surface area (Å²) in [7, 11) is 4.14. The first-order valence-corrected chi connectivity index (χ1v) is 8.77. The Bertz CT molecular complexity index is 694. The van der Waals surface area contributed by atoms with Crippen LogP contribution in [0.2, 0.25) is 5.02 Å². The molecule has 0 unspecified atom stereocenters. The molecule has 0 aliphatic carbocycles. The lowest BCUT2D eigenvalue weighted by Gasteiger charge is -2.21. The number of hydrogen-bond donors (Lipinski definition) is 2. The van der Waals surface area contributed by atoms with Crippen molar-refractivity contribution in [2.75, 3.05) is 27.2 Å². The molecule has 0 saturated carbocycles. The first kappa shape index (κ1) is 19.3. The lowest BCUT2D eigenvalue weighted by molar-refractivity contribution is -0.860. The van der Waals surface area contributed by atoms with Gasteiger partial charge in [0.15, 0.2) is 6.61 Å². The van der Waals surface area contributed by atoms with E-state index in [9.17, 15) is 4.79 Å². The van der Waals surface area contributed by atoms with Crippen LogP contribution in [0.5, 0.6) is 5.75 Å². The lowest BCUT2D eigenvalue weighted by Crippen LogP contribution is -3.06. The zero-order valence-corrected chi connectivity index (χ0v) is 16.0. The van der Waals surface area contributed by atoms with E-state index in [0.717, 1.165) is 23.2 Å². The lowest BCUT2D eigenvalue weighted by atomic mass is 10.1. The maximum atomic E-state index is 12.4. The van der Waals surface area contributed by atoms with E-state index < -0.39 is 0 Å². The standard InChI is InChI=1S/C20H25ClN2O2/c1-14-10-17(21)11-15(2)20(14)25-13-19(24)22-18(12-23(3)4)16-8-6-5-7-9-16/h5-11,18H,12-13H2,1-4H3,(H,22,24)/p+1/t18-/m0/s1. The number of quaternary nitrogens is 1. The number of aryl methyl sites for hydroxylation is 2. The van der Waals surface area contributed by atoms with E-state index >= 15 is 0 Å². The fraction of sp³-hybridized carbons (Fsp3) is 0.350. The van der Waals surface area contributed by atoms with E-state index in [1.54, 1.807) is 0 Å². The van der Waals surface area contributed by atoms with Crippen LogP contribution in [0.15, 0.2) is 42.5 Å². The number of benzene rings is 2. The van der Waals surface area contributed by atoms with Crippen molar-refractivity contribution >= 4 is 17.5 Å². The van der Waals surface area contributed by atoms with Gasteiger partial charge in [0.05, 0.1) is 14.1 Å². The third-order valence-corrected chi connectivity index (χ3v) is 4.14. The third-order valence-electron chi connectivity index (χ3n) is 3.92. The minimum Gasteiger partial charge on any atom is -0.483 e. The van der Waals surface area contributed by atoms with E-state index in [0.29, 0.717) is 10.8 Å². The number of ether oxygens (including phenoxy) is 1. The molecule has 1 atom stereocenters. The molecule has 0 heterocycles. The average Bonchev–Trinajstić information content (AvgIpc) is 2.53. The van der Waals surface area contributed by atoms with Crippen molar-refractivity contribution in [2.45, 2.75) is 19.9 Å². The molecule has 134 valence electrons. The number of nitrogens with one attached hydrogen (secondary N) is 2. The molecule has 0 saturated heterocycles. The van der Waals surface area contributed by atoms with Crippen molar-refractivity contribution in [3.63, 3.8) is 0 Å². The van der Waals surface area contributed by atoms with E-state index in [4.69, 9.17) is 16.3 Å². The van der Waals surface area contributed by atoms with Gasteiger partial charge in [0.25, 0.3) is 5.91 Å². The normalized spacial score (nSPS) is 12.1. The zero-order valence-electron chi connectivity index (χ0n) is 15.2. The second kappa shape index (κ2) is 8.88. The Morgan fingerprint density at radius 2 is 1.76 bits per heavy atom. The highest BCUT2D eigenvalue weighted by Gasteiger charge is 2.18. The van der Waals surface area contributed by atoms with Crippen LogP contribution >= 0.6 is 11.6 Å². The molecule has 0 bridgehead atoms. The molecular weight excluding hydrogens is 336 g/mol. The highest BCUT2D eigenvalue weighted by atomic mass is 35.5. The largest absolute Gasteiger partial charge is 0.483 e. The summed E-state index contributed by atoms with van der Waals surface area (Å²) in [5.74, 6) is 0.581. The van der Waals surface area contributed by atoms with Crippen LogP contribution < -0.4 is 15.0 Å². The van der Waals surface area contributed by atoms with Gasteiger partial charge in [0.1, 0.15) is 18.3 Å². The average molecular weight is 362 g/mol. The Kier molecular flexibility index (Phi) is 6.85. The Balaban J connectivity index is 2.02. The van der Waals surface area contributed by atoms with Crippen LogP contribution in [-0.2, 0) is 4.79 Å². The molecule has 5 heteroatoms. The van der Waals surface area contributed by atoms with E-state index in [1.807, 2.05) is 56.3 Å². The maximum Gasteiger partial charge on any atom is 0.258 e. The first-order valence-electron chi connectivity index (χ1n) is 8.39. The molecule has 0 aliphatic heterocycles. The van der Waals surface area contributed by atoms with Gasteiger partial charge >= 0.3 is 0 Å². The van der Waals surface area contributed by atoms with Crippen LogP contribution in [0, 0.1) is 13.8 Å². The molecule has 2 aromatic rings. The predicted molar refractivity (Wildman–Crippen MR) is 101 cm³/mol. The summed E-state index contributed by atoms with van der Waals surface area (Å²) in [5.41, 5.74) is 2.95. The van der Waals surface area contributed by atoms with Gasteiger partial charge < -0.3 is 15.0 Å². The Morgan fingerprint density at radius 1 is 1.16 bits per heavy atom. The van der Waals surface area contributed by atoms with E-state index in [2.05, 4.69) is 19.4 Å². The SMILES string of the molecule is Cc1cc(Cl)cc(C)c1OCC(=O)N[C@@H](C[NH+](C)C)c1ccccc1. The van der Waals surface area contributed by atoms with Crippen molar-refractivity contribution in [3.05, 3.63) is 64.2 Å². The van der Waals surface area contributed by atoms with Gasteiger partial charge in [-0.15, -0.1) is 0 Å². The monoisotopic (exact) mass is 361 g/mol. The minimum absolute atomic E-state index is 0.0184. The molecule has 0 fully saturated rings. The number of hydrogen-bond acceptors (Lipinski definition) is 2. The Hall–Kier alpha value is -2.04. The highest BCUT2D eigenvalue weighted by Crippen LogP contribution is 2.27.